The predicted molar refractivity (Wildman–Crippen MR) is 111 cm³/mol. The number of benzene rings is 2. The summed E-state index contributed by atoms with van der Waals surface area (Å²) >= 11 is 11.1. The maximum absolute atomic E-state index is 5.88. The van der Waals surface area contributed by atoms with Crippen LogP contribution in [0.25, 0.3) is 16.8 Å². The van der Waals surface area contributed by atoms with Crippen molar-refractivity contribution in [1.82, 2.24) is 3.96 Å². The number of nitrogens with zero attached hydrogens (tertiary/aromatic N) is 1. The number of rotatable bonds is 2. The fourth-order valence-electron chi connectivity index (χ4n) is 3.15. The molecule has 3 nitrogen and oxygen atoms in total. The lowest BCUT2D eigenvalue weighted by Gasteiger charge is -2.33. The SMILES string of the molecule is COc1ccc2c(c1)-c1c(sn(-c3ccc(Br)cc3)c1=S)C(C)(C)N2. The van der Waals surface area contributed by atoms with E-state index < -0.39 is 0 Å². The van der Waals surface area contributed by atoms with E-state index in [0.717, 1.165) is 37.4 Å². The zero-order chi connectivity index (χ0) is 17.8. The van der Waals surface area contributed by atoms with E-state index in [1.807, 2.05) is 18.2 Å². The standard InChI is InChI=1S/C19H17BrN2OS2/c1-19(2)17-16(14-10-13(23-3)8-9-15(14)21-19)18(24)22(25-17)12-6-4-11(20)5-7-12/h4-10,21H,1-3H3. The van der Waals surface area contributed by atoms with E-state index in [0.29, 0.717) is 0 Å². The van der Waals surface area contributed by atoms with Gasteiger partial charge in [-0.05, 0) is 56.3 Å². The van der Waals surface area contributed by atoms with Gasteiger partial charge < -0.3 is 10.1 Å². The van der Waals surface area contributed by atoms with Crippen molar-refractivity contribution in [2.45, 2.75) is 19.4 Å². The summed E-state index contributed by atoms with van der Waals surface area (Å²) in [6.07, 6.45) is 0. The zero-order valence-electron chi connectivity index (χ0n) is 14.1. The smallest absolute Gasteiger partial charge is 0.129 e. The third-order valence-corrected chi connectivity index (χ3v) is 6.88. The number of nitrogens with one attached hydrogen (secondary N) is 1. The fourth-order valence-corrected chi connectivity index (χ4v) is 5.07. The van der Waals surface area contributed by atoms with E-state index in [1.54, 1.807) is 18.6 Å². The quantitative estimate of drug-likeness (QED) is 0.476. The number of methoxy groups -OCH3 is 1. The Morgan fingerprint density at radius 1 is 1.16 bits per heavy atom. The van der Waals surface area contributed by atoms with Crippen LogP contribution in [0.1, 0.15) is 18.7 Å². The Morgan fingerprint density at radius 3 is 2.56 bits per heavy atom. The lowest BCUT2D eigenvalue weighted by Crippen LogP contribution is -2.30. The molecule has 2 aromatic carbocycles. The second-order valence-corrected chi connectivity index (χ2v) is 8.79. The molecule has 3 aromatic rings. The summed E-state index contributed by atoms with van der Waals surface area (Å²) in [5, 5.41) is 3.63. The van der Waals surface area contributed by atoms with Gasteiger partial charge in [0.1, 0.15) is 10.4 Å². The van der Waals surface area contributed by atoms with Crippen LogP contribution < -0.4 is 10.1 Å². The van der Waals surface area contributed by atoms with E-state index in [-0.39, 0.29) is 5.54 Å². The number of ether oxygens (including phenoxy) is 1. The van der Waals surface area contributed by atoms with Crippen LogP contribution in [0, 0.1) is 4.64 Å². The van der Waals surface area contributed by atoms with Crippen LogP contribution in [0.4, 0.5) is 5.69 Å². The van der Waals surface area contributed by atoms with Crippen LogP contribution in [0.5, 0.6) is 5.75 Å². The molecule has 1 N–H and O–H groups in total. The Hall–Kier alpha value is -1.63. The highest BCUT2D eigenvalue weighted by Crippen LogP contribution is 2.48. The number of hydrogen-bond donors (Lipinski definition) is 1. The average molecular weight is 433 g/mol. The van der Waals surface area contributed by atoms with Gasteiger partial charge in [-0.3, -0.25) is 3.96 Å². The number of aromatic nitrogens is 1. The Bertz CT molecular complexity index is 1020. The molecule has 2 heterocycles. The van der Waals surface area contributed by atoms with Gasteiger partial charge in [0.05, 0.1) is 23.2 Å². The third kappa shape index (κ3) is 2.72. The van der Waals surface area contributed by atoms with Gasteiger partial charge in [-0.15, -0.1) is 0 Å². The van der Waals surface area contributed by atoms with Crippen molar-refractivity contribution in [3.8, 4) is 22.6 Å². The Balaban J connectivity index is 1.99. The summed E-state index contributed by atoms with van der Waals surface area (Å²) in [4.78, 5) is 1.24. The number of anilines is 1. The van der Waals surface area contributed by atoms with Crippen LogP contribution in [0.2, 0.25) is 0 Å². The van der Waals surface area contributed by atoms with E-state index in [1.165, 1.54) is 4.88 Å². The van der Waals surface area contributed by atoms with Crippen LogP contribution in [-0.2, 0) is 5.54 Å². The first-order chi connectivity index (χ1) is 11.9. The molecule has 0 spiro atoms. The van der Waals surface area contributed by atoms with E-state index >= 15 is 0 Å². The first-order valence-corrected chi connectivity index (χ1v) is 9.87. The first-order valence-electron chi connectivity index (χ1n) is 7.90. The molecule has 128 valence electrons. The van der Waals surface area contributed by atoms with Crippen molar-refractivity contribution >= 4 is 45.4 Å². The molecule has 4 rings (SSSR count). The predicted octanol–water partition coefficient (Wildman–Crippen LogP) is 6.37. The summed E-state index contributed by atoms with van der Waals surface area (Å²) in [6.45, 7) is 4.38. The molecular formula is C19H17BrN2OS2. The Kier molecular flexibility index (Phi) is 4.02. The minimum absolute atomic E-state index is 0.185. The summed E-state index contributed by atoms with van der Waals surface area (Å²) < 4.78 is 9.45. The monoisotopic (exact) mass is 432 g/mol. The normalized spacial score (nSPS) is 14.4. The summed E-state index contributed by atoms with van der Waals surface area (Å²) in [6, 6.07) is 14.3. The van der Waals surface area contributed by atoms with Crippen molar-refractivity contribution in [1.29, 1.82) is 0 Å². The third-order valence-electron chi connectivity index (χ3n) is 4.38. The summed E-state index contributed by atoms with van der Waals surface area (Å²) in [5.74, 6) is 0.835. The van der Waals surface area contributed by atoms with Gasteiger partial charge in [0.25, 0.3) is 0 Å². The summed E-state index contributed by atoms with van der Waals surface area (Å²) in [7, 11) is 1.69. The van der Waals surface area contributed by atoms with Crippen LogP contribution in [0.3, 0.4) is 0 Å². The van der Waals surface area contributed by atoms with Gasteiger partial charge in [0, 0.05) is 21.3 Å². The second kappa shape index (κ2) is 5.97. The van der Waals surface area contributed by atoms with Crippen molar-refractivity contribution in [2.24, 2.45) is 0 Å². The van der Waals surface area contributed by atoms with Crippen molar-refractivity contribution in [2.75, 3.05) is 12.4 Å². The number of hydrogen-bond acceptors (Lipinski definition) is 4. The molecular weight excluding hydrogens is 416 g/mol. The lowest BCUT2D eigenvalue weighted by atomic mass is 9.90. The molecule has 1 aliphatic rings. The Morgan fingerprint density at radius 2 is 1.88 bits per heavy atom. The molecule has 0 saturated carbocycles. The van der Waals surface area contributed by atoms with Crippen molar-refractivity contribution in [3.63, 3.8) is 0 Å². The lowest BCUT2D eigenvalue weighted by molar-refractivity contribution is 0.415. The van der Waals surface area contributed by atoms with Crippen molar-refractivity contribution < 1.29 is 4.74 Å². The van der Waals surface area contributed by atoms with E-state index in [2.05, 4.69) is 63.3 Å². The molecule has 6 heteroatoms. The number of fused-ring (bicyclic) bond motifs is 3. The van der Waals surface area contributed by atoms with Gasteiger partial charge in [-0.2, -0.15) is 0 Å². The van der Waals surface area contributed by atoms with Crippen molar-refractivity contribution in [3.05, 3.63) is 56.5 Å². The van der Waals surface area contributed by atoms with E-state index in [4.69, 9.17) is 17.0 Å². The molecule has 25 heavy (non-hydrogen) atoms. The number of halogens is 1. The molecule has 1 aromatic heterocycles. The van der Waals surface area contributed by atoms with Gasteiger partial charge in [0.15, 0.2) is 0 Å². The fraction of sp³-hybridized carbons (Fsp3) is 0.211. The van der Waals surface area contributed by atoms with Gasteiger partial charge >= 0.3 is 0 Å². The van der Waals surface area contributed by atoms with Gasteiger partial charge in [0.2, 0.25) is 0 Å². The highest BCUT2D eigenvalue weighted by atomic mass is 79.9. The minimum Gasteiger partial charge on any atom is -0.497 e. The first kappa shape index (κ1) is 16.8. The van der Waals surface area contributed by atoms with E-state index in [9.17, 15) is 0 Å². The molecule has 0 radical (unpaired) electrons. The zero-order valence-corrected chi connectivity index (χ0v) is 17.3. The average Bonchev–Trinajstić information content (AvgIpc) is 2.94. The largest absolute Gasteiger partial charge is 0.497 e. The molecule has 0 bridgehead atoms. The molecule has 0 unspecified atom stereocenters. The van der Waals surface area contributed by atoms with Crippen LogP contribution >= 0.6 is 39.7 Å². The van der Waals surface area contributed by atoms with Gasteiger partial charge in [-0.25, -0.2) is 0 Å². The van der Waals surface area contributed by atoms with Crippen LogP contribution in [-0.4, -0.2) is 11.1 Å². The maximum Gasteiger partial charge on any atom is 0.129 e. The highest BCUT2D eigenvalue weighted by Gasteiger charge is 2.34. The molecule has 0 aliphatic carbocycles. The topological polar surface area (TPSA) is 26.2 Å². The molecule has 0 saturated heterocycles. The van der Waals surface area contributed by atoms with Gasteiger partial charge in [-0.1, -0.05) is 39.7 Å². The molecule has 0 fully saturated rings. The molecule has 0 amide bonds. The maximum atomic E-state index is 5.88. The molecule has 0 atom stereocenters. The molecule has 1 aliphatic heterocycles. The minimum atomic E-state index is -0.185. The summed E-state index contributed by atoms with van der Waals surface area (Å²) in [5.41, 5.74) is 4.21. The highest BCUT2D eigenvalue weighted by molar-refractivity contribution is 9.10. The second-order valence-electron chi connectivity index (χ2n) is 6.53. The van der Waals surface area contributed by atoms with Crippen LogP contribution in [0.15, 0.2) is 46.9 Å². The Labute approximate surface area is 164 Å².